The van der Waals surface area contributed by atoms with E-state index in [2.05, 4.69) is 18.8 Å². The Morgan fingerprint density at radius 2 is 1.90 bits per heavy atom. The van der Waals surface area contributed by atoms with E-state index in [1.54, 1.807) is 0 Å². The van der Waals surface area contributed by atoms with Gasteiger partial charge < -0.3 is 0 Å². The van der Waals surface area contributed by atoms with E-state index in [0.29, 0.717) is 5.92 Å². The van der Waals surface area contributed by atoms with Crippen molar-refractivity contribution < 1.29 is 0 Å². The molecule has 1 radical (unpaired) electrons. The van der Waals surface area contributed by atoms with Crippen LogP contribution in [0.5, 0.6) is 0 Å². The standard InChI is InChI=1S/C10H15/c1-2-3-7-10-8-5-4-6-9-10/h10H,1-2,4-6,8-9H2. The third-order valence-electron chi connectivity index (χ3n) is 2.04. The average Bonchev–Trinajstić information content (AvgIpc) is 2.03. The SMILES string of the molecule is [CH2]CC#CC1CCCCC1. The van der Waals surface area contributed by atoms with Crippen molar-refractivity contribution >= 4 is 0 Å². The largest absolute Gasteiger partial charge is 0.103 e. The summed E-state index contributed by atoms with van der Waals surface area (Å²) in [6.45, 7) is 3.70. The Hall–Kier alpha value is -0.440. The Kier molecular flexibility index (Phi) is 3.36. The lowest BCUT2D eigenvalue weighted by Crippen LogP contribution is -2.02. The van der Waals surface area contributed by atoms with Gasteiger partial charge in [0.25, 0.3) is 0 Å². The highest BCUT2D eigenvalue weighted by Gasteiger charge is 2.09. The molecule has 1 aliphatic rings. The first kappa shape index (κ1) is 7.66. The summed E-state index contributed by atoms with van der Waals surface area (Å²) in [5.74, 6) is 7.02. The Morgan fingerprint density at radius 3 is 2.50 bits per heavy atom. The summed E-state index contributed by atoms with van der Waals surface area (Å²) in [7, 11) is 0. The zero-order valence-electron chi connectivity index (χ0n) is 6.53. The molecule has 0 N–H and O–H groups in total. The number of rotatable bonds is 0. The van der Waals surface area contributed by atoms with E-state index in [-0.39, 0.29) is 0 Å². The van der Waals surface area contributed by atoms with Gasteiger partial charge in [0, 0.05) is 12.3 Å². The Morgan fingerprint density at radius 1 is 1.20 bits per heavy atom. The van der Waals surface area contributed by atoms with Crippen LogP contribution in [-0.4, -0.2) is 0 Å². The minimum absolute atomic E-state index is 0.704. The molecule has 1 saturated carbocycles. The van der Waals surface area contributed by atoms with Crippen molar-refractivity contribution in [2.75, 3.05) is 0 Å². The molecule has 0 bridgehead atoms. The van der Waals surface area contributed by atoms with Crippen LogP contribution in [0.15, 0.2) is 0 Å². The summed E-state index contributed by atoms with van der Waals surface area (Å²) in [4.78, 5) is 0. The molecule has 1 rings (SSSR count). The first-order chi connectivity index (χ1) is 4.93. The van der Waals surface area contributed by atoms with E-state index in [9.17, 15) is 0 Å². The molecule has 0 unspecified atom stereocenters. The fraction of sp³-hybridized carbons (Fsp3) is 0.700. The normalized spacial score (nSPS) is 19.7. The van der Waals surface area contributed by atoms with Crippen LogP contribution in [0.3, 0.4) is 0 Å². The minimum Gasteiger partial charge on any atom is -0.103 e. The second kappa shape index (κ2) is 4.39. The Labute approximate surface area is 64.0 Å². The van der Waals surface area contributed by atoms with Gasteiger partial charge in [0.1, 0.15) is 0 Å². The van der Waals surface area contributed by atoms with Gasteiger partial charge in [-0.1, -0.05) is 25.2 Å². The highest BCUT2D eigenvalue weighted by Crippen LogP contribution is 2.22. The second-order valence-electron chi connectivity index (χ2n) is 2.91. The van der Waals surface area contributed by atoms with Gasteiger partial charge in [-0.2, -0.15) is 0 Å². The first-order valence-electron chi connectivity index (χ1n) is 4.21. The van der Waals surface area contributed by atoms with Gasteiger partial charge in [0.05, 0.1) is 0 Å². The van der Waals surface area contributed by atoms with E-state index in [4.69, 9.17) is 0 Å². The molecular weight excluding hydrogens is 120 g/mol. The lowest BCUT2D eigenvalue weighted by molar-refractivity contribution is 0.430. The summed E-state index contributed by atoms with van der Waals surface area (Å²) in [6.07, 6.45) is 7.62. The Bertz CT molecular complexity index is 130. The molecule has 1 aliphatic carbocycles. The average molecular weight is 135 g/mol. The summed E-state index contributed by atoms with van der Waals surface area (Å²) < 4.78 is 0. The van der Waals surface area contributed by atoms with E-state index in [0.717, 1.165) is 6.42 Å². The molecule has 0 aromatic carbocycles. The lowest BCUT2D eigenvalue weighted by atomic mass is 9.90. The zero-order chi connectivity index (χ0) is 7.23. The molecule has 10 heavy (non-hydrogen) atoms. The van der Waals surface area contributed by atoms with E-state index in [1.165, 1.54) is 32.1 Å². The molecule has 0 spiro atoms. The zero-order valence-corrected chi connectivity index (χ0v) is 6.53. The molecular formula is C10H15. The molecule has 0 atom stereocenters. The van der Waals surface area contributed by atoms with Crippen molar-refractivity contribution in [2.24, 2.45) is 5.92 Å². The summed E-state index contributed by atoms with van der Waals surface area (Å²) in [5, 5.41) is 0. The fourth-order valence-electron chi connectivity index (χ4n) is 1.46. The van der Waals surface area contributed by atoms with Crippen molar-refractivity contribution in [2.45, 2.75) is 38.5 Å². The highest BCUT2D eigenvalue weighted by atomic mass is 14.1. The van der Waals surface area contributed by atoms with Crippen molar-refractivity contribution in [3.05, 3.63) is 6.92 Å². The highest BCUT2D eigenvalue weighted by molar-refractivity contribution is 5.04. The van der Waals surface area contributed by atoms with Gasteiger partial charge in [-0.15, -0.1) is 5.92 Å². The predicted octanol–water partition coefficient (Wildman–Crippen LogP) is 2.79. The van der Waals surface area contributed by atoms with Crippen LogP contribution in [0, 0.1) is 24.7 Å². The topological polar surface area (TPSA) is 0 Å². The van der Waals surface area contributed by atoms with Crippen LogP contribution in [0.4, 0.5) is 0 Å². The lowest BCUT2D eigenvalue weighted by Gasteiger charge is -2.15. The summed E-state index contributed by atoms with van der Waals surface area (Å²) in [6, 6.07) is 0. The molecule has 0 aliphatic heterocycles. The van der Waals surface area contributed by atoms with Crippen LogP contribution in [0.25, 0.3) is 0 Å². The first-order valence-corrected chi connectivity index (χ1v) is 4.21. The maximum Gasteiger partial charge on any atom is 0.0202 e. The molecule has 0 nitrogen and oxygen atoms in total. The second-order valence-corrected chi connectivity index (χ2v) is 2.91. The van der Waals surface area contributed by atoms with Crippen molar-refractivity contribution in [1.29, 1.82) is 0 Å². The van der Waals surface area contributed by atoms with E-state index in [1.807, 2.05) is 0 Å². The summed E-state index contributed by atoms with van der Waals surface area (Å²) >= 11 is 0. The van der Waals surface area contributed by atoms with Gasteiger partial charge >= 0.3 is 0 Å². The molecule has 55 valence electrons. The van der Waals surface area contributed by atoms with Crippen molar-refractivity contribution in [3.8, 4) is 11.8 Å². The number of hydrogen-bond donors (Lipinski definition) is 0. The molecule has 0 heteroatoms. The number of hydrogen-bond acceptors (Lipinski definition) is 0. The molecule has 1 fully saturated rings. The fourth-order valence-corrected chi connectivity index (χ4v) is 1.46. The monoisotopic (exact) mass is 135 g/mol. The van der Waals surface area contributed by atoms with Crippen LogP contribution in [0.2, 0.25) is 0 Å². The molecule has 0 aromatic rings. The van der Waals surface area contributed by atoms with E-state index >= 15 is 0 Å². The molecule has 0 amide bonds. The third-order valence-corrected chi connectivity index (χ3v) is 2.04. The maximum absolute atomic E-state index is 3.70. The van der Waals surface area contributed by atoms with Crippen LogP contribution in [-0.2, 0) is 0 Å². The van der Waals surface area contributed by atoms with Gasteiger partial charge in [-0.25, -0.2) is 0 Å². The minimum atomic E-state index is 0.704. The van der Waals surface area contributed by atoms with Crippen LogP contribution >= 0.6 is 0 Å². The Balaban J connectivity index is 2.25. The maximum atomic E-state index is 3.70. The smallest absolute Gasteiger partial charge is 0.0202 e. The van der Waals surface area contributed by atoms with Crippen LogP contribution < -0.4 is 0 Å². The molecule has 0 heterocycles. The van der Waals surface area contributed by atoms with Gasteiger partial charge in [-0.3, -0.25) is 0 Å². The molecule has 0 aromatic heterocycles. The summed E-state index contributed by atoms with van der Waals surface area (Å²) in [5.41, 5.74) is 0. The molecule has 0 saturated heterocycles. The van der Waals surface area contributed by atoms with Crippen molar-refractivity contribution in [1.82, 2.24) is 0 Å². The predicted molar refractivity (Wildman–Crippen MR) is 44.3 cm³/mol. The van der Waals surface area contributed by atoms with Crippen LogP contribution in [0.1, 0.15) is 38.5 Å². The third kappa shape index (κ3) is 2.43. The van der Waals surface area contributed by atoms with Gasteiger partial charge in [-0.05, 0) is 19.8 Å². The van der Waals surface area contributed by atoms with E-state index < -0.39 is 0 Å². The quantitative estimate of drug-likeness (QED) is 0.448. The van der Waals surface area contributed by atoms with Gasteiger partial charge in [0.2, 0.25) is 0 Å². The van der Waals surface area contributed by atoms with Gasteiger partial charge in [0.15, 0.2) is 0 Å². The van der Waals surface area contributed by atoms with Crippen molar-refractivity contribution in [3.63, 3.8) is 0 Å².